The molecule has 1 saturated heterocycles. The quantitative estimate of drug-likeness (QED) is 0.615. The van der Waals surface area contributed by atoms with Gasteiger partial charge in [0, 0.05) is 4.47 Å². The van der Waals surface area contributed by atoms with E-state index in [1.807, 2.05) is 0 Å². The van der Waals surface area contributed by atoms with E-state index in [2.05, 4.69) is 21.4 Å². The molecular formula is C11H14BrNO5. The molecule has 1 aromatic rings. The number of hydrogen-bond donors (Lipinski definition) is 4. The van der Waals surface area contributed by atoms with E-state index in [1.165, 1.54) is 0 Å². The van der Waals surface area contributed by atoms with Gasteiger partial charge in [0.2, 0.25) is 0 Å². The lowest BCUT2D eigenvalue weighted by atomic mass is 10.1. The summed E-state index contributed by atoms with van der Waals surface area (Å²) >= 11 is 3.30. The third-order valence-corrected chi connectivity index (χ3v) is 3.16. The highest BCUT2D eigenvalue weighted by Crippen LogP contribution is 2.20. The van der Waals surface area contributed by atoms with Crippen LogP contribution in [-0.4, -0.2) is 46.5 Å². The molecule has 1 aromatic carbocycles. The van der Waals surface area contributed by atoms with Crippen LogP contribution in [0.4, 0.5) is 0 Å². The van der Waals surface area contributed by atoms with Gasteiger partial charge in [-0.3, -0.25) is 4.84 Å². The van der Waals surface area contributed by atoms with Crippen molar-refractivity contribution in [2.75, 3.05) is 6.61 Å². The molecular weight excluding hydrogens is 306 g/mol. The second-order valence-corrected chi connectivity index (χ2v) is 4.85. The van der Waals surface area contributed by atoms with Crippen LogP contribution in [0.2, 0.25) is 0 Å². The molecule has 18 heavy (non-hydrogen) atoms. The van der Waals surface area contributed by atoms with Crippen molar-refractivity contribution >= 4 is 15.9 Å². The first-order valence-electron chi connectivity index (χ1n) is 5.42. The zero-order chi connectivity index (χ0) is 13.1. The van der Waals surface area contributed by atoms with E-state index in [4.69, 9.17) is 14.7 Å². The lowest BCUT2D eigenvalue weighted by Gasteiger charge is -2.36. The van der Waals surface area contributed by atoms with Gasteiger partial charge in [0.15, 0.2) is 6.23 Å². The van der Waals surface area contributed by atoms with Crippen molar-refractivity contribution in [3.63, 3.8) is 0 Å². The van der Waals surface area contributed by atoms with Gasteiger partial charge in [-0.2, -0.15) is 5.48 Å². The molecule has 0 aromatic heterocycles. The van der Waals surface area contributed by atoms with Crippen LogP contribution < -0.4 is 10.2 Å². The monoisotopic (exact) mass is 319 g/mol. The maximum Gasteiger partial charge on any atom is 0.200 e. The van der Waals surface area contributed by atoms with Gasteiger partial charge in [-0.15, -0.1) is 0 Å². The second kappa shape index (κ2) is 5.96. The Morgan fingerprint density at radius 3 is 2.50 bits per heavy atom. The molecule has 0 radical (unpaired) electrons. The fraction of sp³-hybridized carbons (Fsp3) is 0.455. The molecule has 4 N–H and O–H groups in total. The van der Waals surface area contributed by atoms with Crippen LogP contribution in [0.5, 0.6) is 5.75 Å². The van der Waals surface area contributed by atoms with Crippen molar-refractivity contribution < 1.29 is 24.9 Å². The predicted octanol–water partition coefficient (Wildman–Crippen LogP) is -0.229. The van der Waals surface area contributed by atoms with Crippen LogP contribution in [0.3, 0.4) is 0 Å². The minimum atomic E-state index is -1.21. The molecule has 2 rings (SSSR count). The molecule has 0 aliphatic carbocycles. The highest BCUT2D eigenvalue weighted by molar-refractivity contribution is 9.10. The van der Waals surface area contributed by atoms with Crippen LogP contribution in [0.1, 0.15) is 0 Å². The normalized spacial score (nSPS) is 32.2. The molecule has 1 heterocycles. The average molecular weight is 320 g/mol. The molecule has 1 fully saturated rings. The van der Waals surface area contributed by atoms with Gasteiger partial charge in [0.1, 0.15) is 24.1 Å². The zero-order valence-electron chi connectivity index (χ0n) is 9.36. The van der Waals surface area contributed by atoms with Gasteiger partial charge in [0.25, 0.3) is 0 Å². The van der Waals surface area contributed by atoms with Crippen molar-refractivity contribution in [1.82, 2.24) is 5.48 Å². The standard InChI is InChI=1S/C11H14BrNO5/c12-6-1-3-7(4-2-6)17-11-10(16)9(15)8(5-14)18-13-11/h1-4,8-11,13-16H,5H2/t8-,9-,10-,11?/m1/s1. The Kier molecular flexibility index (Phi) is 4.55. The average Bonchev–Trinajstić information content (AvgIpc) is 2.38. The number of aliphatic hydroxyl groups excluding tert-OH is 3. The SMILES string of the molecule is OC[C@H]1ONC(Oc2ccc(Br)cc2)[C@H](O)[C@@H]1O. The van der Waals surface area contributed by atoms with Crippen molar-refractivity contribution in [3.8, 4) is 5.75 Å². The van der Waals surface area contributed by atoms with Gasteiger partial charge in [-0.05, 0) is 24.3 Å². The van der Waals surface area contributed by atoms with Crippen LogP contribution in [0.15, 0.2) is 28.7 Å². The highest BCUT2D eigenvalue weighted by atomic mass is 79.9. The smallest absolute Gasteiger partial charge is 0.200 e. The topological polar surface area (TPSA) is 91.2 Å². The highest BCUT2D eigenvalue weighted by Gasteiger charge is 2.39. The fourth-order valence-corrected chi connectivity index (χ4v) is 1.86. The Balaban J connectivity index is 2.00. The van der Waals surface area contributed by atoms with Crippen molar-refractivity contribution in [3.05, 3.63) is 28.7 Å². The summed E-state index contributed by atoms with van der Waals surface area (Å²) in [7, 11) is 0. The fourth-order valence-electron chi connectivity index (χ4n) is 1.59. The molecule has 1 aliphatic heterocycles. The van der Waals surface area contributed by atoms with Crippen LogP contribution in [0.25, 0.3) is 0 Å². The Hall–Kier alpha value is -0.700. The summed E-state index contributed by atoms with van der Waals surface area (Å²) in [5, 5.41) is 28.4. The molecule has 0 spiro atoms. The number of aliphatic hydroxyl groups is 3. The zero-order valence-corrected chi connectivity index (χ0v) is 10.9. The predicted molar refractivity (Wildman–Crippen MR) is 65.7 cm³/mol. The maximum absolute atomic E-state index is 9.82. The molecule has 6 nitrogen and oxygen atoms in total. The van der Waals surface area contributed by atoms with Crippen molar-refractivity contribution in [2.45, 2.75) is 24.5 Å². The van der Waals surface area contributed by atoms with E-state index in [9.17, 15) is 10.2 Å². The molecule has 0 bridgehead atoms. The number of hydrogen-bond acceptors (Lipinski definition) is 6. The number of rotatable bonds is 3. The summed E-state index contributed by atoms with van der Waals surface area (Å²) in [6.07, 6.45) is -4.18. The second-order valence-electron chi connectivity index (χ2n) is 3.93. The third kappa shape index (κ3) is 3.00. The minimum absolute atomic E-state index is 0.393. The molecule has 0 saturated carbocycles. The maximum atomic E-state index is 9.82. The van der Waals surface area contributed by atoms with E-state index in [0.717, 1.165) is 4.47 Å². The van der Waals surface area contributed by atoms with E-state index in [1.54, 1.807) is 24.3 Å². The molecule has 100 valence electrons. The van der Waals surface area contributed by atoms with Gasteiger partial charge >= 0.3 is 0 Å². The summed E-state index contributed by atoms with van der Waals surface area (Å²) in [6.45, 7) is -0.393. The number of halogens is 1. The van der Waals surface area contributed by atoms with Gasteiger partial charge in [-0.1, -0.05) is 15.9 Å². The lowest BCUT2D eigenvalue weighted by molar-refractivity contribution is -0.236. The summed E-state index contributed by atoms with van der Waals surface area (Å²) in [5.74, 6) is 0.521. The number of hydroxylamine groups is 1. The summed E-state index contributed by atoms with van der Waals surface area (Å²) < 4.78 is 6.34. The Morgan fingerprint density at radius 1 is 1.22 bits per heavy atom. The Morgan fingerprint density at radius 2 is 1.89 bits per heavy atom. The first-order valence-corrected chi connectivity index (χ1v) is 6.21. The van der Waals surface area contributed by atoms with Gasteiger partial charge in [-0.25, -0.2) is 0 Å². The molecule has 4 atom stereocenters. The Labute approximate surface area is 112 Å². The Bertz CT molecular complexity index is 388. The largest absolute Gasteiger partial charge is 0.470 e. The van der Waals surface area contributed by atoms with Gasteiger partial charge in [0.05, 0.1) is 6.61 Å². The van der Waals surface area contributed by atoms with E-state index >= 15 is 0 Å². The summed E-state index contributed by atoms with van der Waals surface area (Å²) in [6, 6.07) is 7.00. The van der Waals surface area contributed by atoms with Crippen molar-refractivity contribution in [1.29, 1.82) is 0 Å². The minimum Gasteiger partial charge on any atom is -0.470 e. The van der Waals surface area contributed by atoms with Crippen LogP contribution >= 0.6 is 15.9 Å². The van der Waals surface area contributed by atoms with E-state index in [-0.39, 0.29) is 0 Å². The van der Waals surface area contributed by atoms with Crippen molar-refractivity contribution in [2.24, 2.45) is 0 Å². The van der Waals surface area contributed by atoms with E-state index < -0.39 is 31.1 Å². The first kappa shape index (κ1) is 13.7. The molecule has 7 heteroatoms. The lowest BCUT2D eigenvalue weighted by Crippen LogP contribution is -2.61. The number of ether oxygens (including phenoxy) is 1. The molecule has 0 amide bonds. The van der Waals surface area contributed by atoms with Crippen LogP contribution in [-0.2, 0) is 4.84 Å². The van der Waals surface area contributed by atoms with E-state index in [0.29, 0.717) is 5.75 Å². The molecule has 1 unspecified atom stereocenters. The summed E-state index contributed by atoms with van der Waals surface area (Å²) in [4.78, 5) is 4.97. The molecule has 1 aliphatic rings. The third-order valence-electron chi connectivity index (χ3n) is 2.63. The number of nitrogens with one attached hydrogen (secondary N) is 1. The first-order chi connectivity index (χ1) is 8.61. The van der Waals surface area contributed by atoms with Crippen LogP contribution in [0, 0.1) is 0 Å². The van der Waals surface area contributed by atoms with Gasteiger partial charge < -0.3 is 20.1 Å². The number of benzene rings is 1. The summed E-state index contributed by atoms with van der Waals surface area (Å²) in [5.41, 5.74) is 2.46.